The predicted octanol–water partition coefficient (Wildman–Crippen LogP) is 2.59. The second-order valence-electron chi connectivity index (χ2n) is 6.83. The molecule has 8 nitrogen and oxygen atoms in total. The number of fused-ring (bicyclic) bond motifs is 1. The molecule has 3 aromatic rings. The number of nitrogens with zero attached hydrogens (tertiary/aromatic N) is 4. The lowest BCUT2D eigenvalue weighted by Gasteiger charge is -2.15. The molecule has 1 saturated heterocycles. The summed E-state index contributed by atoms with van der Waals surface area (Å²) < 4.78 is 1.45. The van der Waals surface area contributed by atoms with E-state index < -0.39 is 4.92 Å². The standard InChI is InChI=1S/C20H18N4O4/c25-19(22-9-1-2-10-22)15-5-3-14(4-6-15)12-23-13-21-18-11-16(24(27)28)7-8-17(18)20(23)26/h3-8,11,13H,1-2,9-10,12H2. The van der Waals surface area contributed by atoms with E-state index in [0.717, 1.165) is 31.5 Å². The van der Waals surface area contributed by atoms with E-state index in [4.69, 9.17) is 0 Å². The van der Waals surface area contributed by atoms with Crippen molar-refractivity contribution in [2.45, 2.75) is 19.4 Å². The van der Waals surface area contributed by atoms with Crippen LogP contribution in [-0.4, -0.2) is 38.4 Å². The maximum Gasteiger partial charge on any atom is 0.271 e. The van der Waals surface area contributed by atoms with Crippen molar-refractivity contribution in [1.29, 1.82) is 0 Å². The predicted molar refractivity (Wildman–Crippen MR) is 103 cm³/mol. The van der Waals surface area contributed by atoms with Crippen LogP contribution in [0.25, 0.3) is 10.9 Å². The lowest BCUT2D eigenvalue weighted by atomic mass is 10.1. The number of benzene rings is 2. The summed E-state index contributed by atoms with van der Waals surface area (Å²) in [5.41, 5.74) is 1.43. The van der Waals surface area contributed by atoms with Crippen molar-refractivity contribution in [2.75, 3.05) is 13.1 Å². The first kappa shape index (κ1) is 17.8. The minimum atomic E-state index is -0.516. The van der Waals surface area contributed by atoms with Crippen LogP contribution in [0.5, 0.6) is 0 Å². The number of carbonyl (C=O) groups is 1. The molecule has 142 valence electrons. The summed E-state index contributed by atoms with van der Waals surface area (Å²) in [4.78, 5) is 41.4. The number of aromatic nitrogens is 2. The van der Waals surface area contributed by atoms with Crippen LogP contribution in [0.3, 0.4) is 0 Å². The number of amides is 1. The highest BCUT2D eigenvalue weighted by Gasteiger charge is 2.19. The van der Waals surface area contributed by atoms with E-state index in [1.165, 1.54) is 29.1 Å². The fourth-order valence-electron chi connectivity index (χ4n) is 3.43. The van der Waals surface area contributed by atoms with Gasteiger partial charge in [0.2, 0.25) is 0 Å². The third kappa shape index (κ3) is 3.36. The molecule has 1 aliphatic rings. The van der Waals surface area contributed by atoms with Gasteiger partial charge in [-0.2, -0.15) is 0 Å². The molecule has 0 bridgehead atoms. The van der Waals surface area contributed by atoms with Gasteiger partial charge in [0.05, 0.1) is 28.7 Å². The molecule has 1 amide bonds. The number of nitro benzene ring substituents is 1. The molecule has 8 heteroatoms. The van der Waals surface area contributed by atoms with Crippen molar-refractivity contribution in [1.82, 2.24) is 14.5 Å². The Kier molecular flexibility index (Phi) is 4.60. The maximum atomic E-state index is 12.7. The average Bonchev–Trinajstić information content (AvgIpc) is 3.24. The topological polar surface area (TPSA) is 98.3 Å². The highest BCUT2D eigenvalue weighted by Crippen LogP contribution is 2.17. The van der Waals surface area contributed by atoms with Gasteiger partial charge in [-0.05, 0) is 36.6 Å². The third-order valence-electron chi connectivity index (χ3n) is 4.97. The van der Waals surface area contributed by atoms with Crippen molar-refractivity contribution >= 4 is 22.5 Å². The fraction of sp³-hybridized carbons (Fsp3) is 0.250. The number of likely N-dealkylation sites (tertiary alicyclic amines) is 1. The van der Waals surface area contributed by atoms with E-state index in [2.05, 4.69) is 4.98 Å². The Balaban J connectivity index is 1.57. The lowest BCUT2D eigenvalue weighted by molar-refractivity contribution is -0.384. The number of non-ortho nitro benzene ring substituents is 1. The van der Waals surface area contributed by atoms with Crippen LogP contribution in [0, 0.1) is 10.1 Å². The van der Waals surface area contributed by atoms with Crippen LogP contribution in [-0.2, 0) is 6.54 Å². The Morgan fingerprint density at radius 1 is 1.11 bits per heavy atom. The number of carbonyl (C=O) groups excluding carboxylic acids is 1. The molecule has 0 spiro atoms. The van der Waals surface area contributed by atoms with Gasteiger partial charge < -0.3 is 4.90 Å². The minimum Gasteiger partial charge on any atom is -0.339 e. The maximum absolute atomic E-state index is 12.7. The molecule has 0 atom stereocenters. The second kappa shape index (κ2) is 7.22. The zero-order valence-corrected chi connectivity index (χ0v) is 15.1. The van der Waals surface area contributed by atoms with E-state index in [0.29, 0.717) is 23.0 Å². The molecular weight excluding hydrogens is 360 g/mol. The molecule has 0 saturated carbocycles. The number of hydrogen-bond donors (Lipinski definition) is 0. The van der Waals surface area contributed by atoms with Gasteiger partial charge in [0.15, 0.2) is 0 Å². The zero-order valence-electron chi connectivity index (χ0n) is 15.1. The number of hydrogen-bond acceptors (Lipinski definition) is 5. The molecule has 0 radical (unpaired) electrons. The summed E-state index contributed by atoms with van der Waals surface area (Å²) >= 11 is 0. The largest absolute Gasteiger partial charge is 0.339 e. The minimum absolute atomic E-state index is 0.0372. The fourth-order valence-corrected chi connectivity index (χ4v) is 3.43. The zero-order chi connectivity index (χ0) is 19.7. The van der Waals surface area contributed by atoms with Gasteiger partial charge in [0, 0.05) is 30.8 Å². The average molecular weight is 378 g/mol. The highest BCUT2D eigenvalue weighted by molar-refractivity contribution is 5.94. The smallest absolute Gasteiger partial charge is 0.271 e. The highest BCUT2D eigenvalue weighted by atomic mass is 16.6. The van der Waals surface area contributed by atoms with Gasteiger partial charge in [-0.15, -0.1) is 0 Å². The van der Waals surface area contributed by atoms with Crippen LogP contribution in [0.2, 0.25) is 0 Å². The Morgan fingerprint density at radius 3 is 2.50 bits per heavy atom. The molecule has 0 unspecified atom stereocenters. The van der Waals surface area contributed by atoms with Gasteiger partial charge in [-0.25, -0.2) is 4.98 Å². The Morgan fingerprint density at radius 2 is 1.82 bits per heavy atom. The van der Waals surface area contributed by atoms with Gasteiger partial charge in [-0.1, -0.05) is 12.1 Å². The summed E-state index contributed by atoms with van der Waals surface area (Å²) in [6, 6.07) is 11.2. The van der Waals surface area contributed by atoms with Gasteiger partial charge in [0.25, 0.3) is 17.2 Å². The van der Waals surface area contributed by atoms with E-state index in [9.17, 15) is 19.7 Å². The lowest BCUT2D eigenvalue weighted by Crippen LogP contribution is -2.27. The first-order chi connectivity index (χ1) is 13.5. The van der Waals surface area contributed by atoms with Crippen LogP contribution in [0.4, 0.5) is 5.69 Å². The molecule has 0 N–H and O–H groups in total. The molecule has 1 aliphatic heterocycles. The summed E-state index contributed by atoms with van der Waals surface area (Å²) in [5, 5.41) is 11.2. The second-order valence-corrected chi connectivity index (χ2v) is 6.83. The van der Waals surface area contributed by atoms with Crippen molar-refractivity contribution in [3.05, 3.63) is 80.4 Å². The Labute approximate surface area is 160 Å². The van der Waals surface area contributed by atoms with Crippen molar-refractivity contribution < 1.29 is 9.72 Å². The molecule has 0 aliphatic carbocycles. The first-order valence-electron chi connectivity index (χ1n) is 9.05. The van der Waals surface area contributed by atoms with E-state index in [1.807, 2.05) is 17.0 Å². The van der Waals surface area contributed by atoms with Crippen LogP contribution >= 0.6 is 0 Å². The SMILES string of the molecule is O=C(c1ccc(Cn2cnc3cc([N+](=O)[O-])ccc3c2=O)cc1)N1CCCC1. The van der Waals surface area contributed by atoms with Crippen molar-refractivity contribution in [3.8, 4) is 0 Å². The molecule has 1 fully saturated rings. The van der Waals surface area contributed by atoms with Gasteiger partial charge in [-0.3, -0.25) is 24.3 Å². The number of rotatable bonds is 4. The summed E-state index contributed by atoms with van der Waals surface area (Å²) in [6.45, 7) is 1.91. The van der Waals surface area contributed by atoms with E-state index in [1.54, 1.807) is 12.1 Å². The Bertz CT molecular complexity index is 1120. The Hall–Kier alpha value is -3.55. The normalized spacial score (nSPS) is 13.8. The van der Waals surface area contributed by atoms with E-state index in [-0.39, 0.29) is 17.2 Å². The third-order valence-corrected chi connectivity index (χ3v) is 4.97. The quantitative estimate of drug-likeness (QED) is 0.513. The number of nitro groups is 1. The molecular formula is C20H18N4O4. The molecule has 1 aromatic heterocycles. The molecule has 28 heavy (non-hydrogen) atoms. The monoisotopic (exact) mass is 378 g/mol. The summed E-state index contributed by atoms with van der Waals surface area (Å²) in [7, 11) is 0. The van der Waals surface area contributed by atoms with Crippen molar-refractivity contribution in [2.24, 2.45) is 0 Å². The van der Waals surface area contributed by atoms with E-state index >= 15 is 0 Å². The van der Waals surface area contributed by atoms with Crippen LogP contribution in [0.1, 0.15) is 28.8 Å². The molecule has 2 heterocycles. The molecule has 2 aromatic carbocycles. The van der Waals surface area contributed by atoms with Crippen molar-refractivity contribution in [3.63, 3.8) is 0 Å². The van der Waals surface area contributed by atoms with Crippen LogP contribution < -0.4 is 5.56 Å². The summed E-state index contributed by atoms with van der Waals surface area (Å²) in [5.74, 6) is 0.0372. The summed E-state index contributed by atoms with van der Waals surface area (Å²) in [6.07, 6.45) is 3.48. The molecule has 4 rings (SSSR count). The van der Waals surface area contributed by atoms with Gasteiger partial charge >= 0.3 is 0 Å². The van der Waals surface area contributed by atoms with Gasteiger partial charge in [0.1, 0.15) is 0 Å². The first-order valence-corrected chi connectivity index (χ1v) is 9.05. The van der Waals surface area contributed by atoms with Crippen LogP contribution in [0.15, 0.2) is 53.6 Å².